The zero-order valence-corrected chi connectivity index (χ0v) is 13.2. The molecular weight excluding hydrogens is 258 g/mol. The summed E-state index contributed by atoms with van der Waals surface area (Å²) >= 11 is 0. The average molecular weight is 283 g/mol. The molecule has 0 spiro atoms. The maximum atomic E-state index is 5.47. The third-order valence-corrected chi connectivity index (χ3v) is 3.91. The molecule has 1 N–H and O–H groups in total. The number of benzene rings is 2. The van der Waals surface area contributed by atoms with E-state index < -0.39 is 0 Å². The van der Waals surface area contributed by atoms with Crippen LogP contribution in [0.4, 0.5) is 0 Å². The number of para-hydroxylation sites is 1. The molecule has 112 valence electrons. The van der Waals surface area contributed by atoms with Crippen molar-refractivity contribution in [1.82, 2.24) is 5.32 Å². The topological polar surface area (TPSA) is 21.3 Å². The number of methoxy groups -OCH3 is 1. The Bertz CT molecular complexity index is 548. The van der Waals surface area contributed by atoms with Crippen molar-refractivity contribution in [2.75, 3.05) is 7.11 Å². The van der Waals surface area contributed by atoms with Gasteiger partial charge < -0.3 is 10.1 Å². The van der Waals surface area contributed by atoms with Gasteiger partial charge in [0.25, 0.3) is 0 Å². The summed E-state index contributed by atoms with van der Waals surface area (Å²) in [6.07, 6.45) is 2.12. The summed E-state index contributed by atoms with van der Waals surface area (Å²) in [4.78, 5) is 0. The van der Waals surface area contributed by atoms with Crippen molar-refractivity contribution in [1.29, 1.82) is 0 Å². The summed E-state index contributed by atoms with van der Waals surface area (Å²) in [7, 11) is 1.73. The van der Waals surface area contributed by atoms with E-state index in [2.05, 4.69) is 55.6 Å². The summed E-state index contributed by atoms with van der Waals surface area (Å²) in [5.74, 6) is 0.957. The highest BCUT2D eigenvalue weighted by atomic mass is 16.5. The second-order valence-electron chi connectivity index (χ2n) is 5.25. The zero-order valence-electron chi connectivity index (χ0n) is 13.2. The van der Waals surface area contributed by atoms with Crippen molar-refractivity contribution < 1.29 is 4.74 Å². The number of rotatable bonds is 7. The molecule has 0 aliphatic heterocycles. The van der Waals surface area contributed by atoms with Gasteiger partial charge in [0.05, 0.1) is 7.11 Å². The second kappa shape index (κ2) is 7.84. The molecule has 0 aliphatic carbocycles. The molecule has 0 aromatic heterocycles. The van der Waals surface area contributed by atoms with E-state index in [1.54, 1.807) is 7.11 Å². The first-order chi connectivity index (χ1) is 10.3. The lowest BCUT2D eigenvalue weighted by Gasteiger charge is -2.20. The van der Waals surface area contributed by atoms with E-state index in [4.69, 9.17) is 4.74 Å². The van der Waals surface area contributed by atoms with E-state index in [1.807, 2.05) is 12.1 Å². The minimum Gasteiger partial charge on any atom is -0.496 e. The van der Waals surface area contributed by atoms with Crippen LogP contribution in [-0.2, 0) is 13.0 Å². The Morgan fingerprint density at radius 3 is 2.24 bits per heavy atom. The van der Waals surface area contributed by atoms with Crippen LogP contribution in [0.3, 0.4) is 0 Å². The average Bonchev–Trinajstić information content (AvgIpc) is 2.56. The summed E-state index contributed by atoms with van der Waals surface area (Å²) in [6.45, 7) is 5.26. The number of ether oxygens (including phenoxy) is 1. The molecule has 0 saturated heterocycles. The Morgan fingerprint density at radius 1 is 0.952 bits per heavy atom. The summed E-state index contributed by atoms with van der Waals surface area (Å²) < 4.78 is 5.47. The molecule has 0 fully saturated rings. The molecular formula is C19H25NO. The molecule has 2 heteroatoms. The maximum Gasteiger partial charge on any atom is 0.123 e. The van der Waals surface area contributed by atoms with Gasteiger partial charge in [0.1, 0.15) is 5.75 Å². The van der Waals surface area contributed by atoms with Crippen LogP contribution in [0.5, 0.6) is 5.75 Å². The van der Waals surface area contributed by atoms with E-state index in [-0.39, 0.29) is 0 Å². The highest BCUT2D eigenvalue weighted by Gasteiger charge is 2.13. The lowest BCUT2D eigenvalue weighted by Crippen LogP contribution is -2.20. The predicted octanol–water partition coefficient (Wildman–Crippen LogP) is 4.50. The molecule has 0 heterocycles. The first-order valence-corrected chi connectivity index (χ1v) is 7.72. The van der Waals surface area contributed by atoms with Crippen LogP contribution in [-0.4, -0.2) is 7.11 Å². The number of hydrogen-bond acceptors (Lipinski definition) is 2. The fourth-order valence-electron chi connectivity index (χ4n) is 2.56. The molecule has 1 unspecified atom stereocenters. The van der Waals surface area contributed by atoms with E-state index in [0.717, 1.165) is 25.1 Å². The molecule has 0 amide bonds. The van der Waals surface area contributed by atoms with Gasteiger partial charge in [0, 0.05) is 18.2 Å². The standard InChI is InChI=1S/C19H25NO/c1-4-15-10-12-16(13-11-15)14-20-18(5-2)17-8-6-7-9-19(17)21-3/h6-13,18,20H,4-5,14H2,1-3H3. The van der Waals surface area contributed by atoms with E-state index in [1.165, 1.54) is 16.7 Å². The van der Waals surface area contributed by atoms with E-state index in [9.17, 15) is 0 Å². The van der Waals surface area contributed by atoms with Gasteiger partial charge in [-0.3, -0.25) is 0 Å². The van der Waals surface area contributed by atoms with Crippen LogP contribution < -0.4 is 10.1 Å². The largest absolute Gasteiger partial charge is 0.496 e. The van der Waals surface area contributed by atoms with Crippen LogP contribution in [0.25, 0.3) is 0 Å². The summed E-state index contributed by atoms with van der Waals surface area (Å²) in [5.41, 5.74) is 3.93. The van der Waals surface area contributed by atoms with Crippen molar-refractivity contribution >= 4 is 0 Å². The molecule has 1 atom stereocenters. The lowest BCUT2D eigenvalue weighted by atomic mass is 10.0. The quantitative estimate of drug-likeness (QED) is 0.808. The molecule has 2 nitrogen and oxygen atoms in total. The Morgan fingerprint density at radius 2 is 1.62 bits per heavy atom. The monoisotopic (exact) mass is 283 g/mol. The van der Waals surface area contributed by atoms with E-state index >= 15 is 0 Å². The van der Waals surface area contributed by atoms with Crippen LogP contribution in [0.15, 0.2) is 48.5 Å². The first-order valence-electron chi connectivity index (χ1n) is 7.72. The van der Waals surface area contributed by atoms with Gasteiger partial charge in [-0.05, 0) is 30.0 Å². The highest BCUT2D eigenvalue weighted by Crippen LogP contribution is 2.27. The van der Waals surface area contributed by atoms with Gasteiger partial charge >= 0.3 is 0 Å². The van der Waals surface area contributed by atoms with Gasteiger partial charge in [-0.1, -0.05) is 56.3 Å². The van der Waals surface area contributed by atoms with Crippen molar-refractivity contribution in [3.05, 3.63) is 65.2 Å². The van der Waals surface area contributed by atoms with Gasteiger partial charge in [0.15, 0.2) is 0 Å². The number of hydrogen-bond donors (Lipinski definition) is 1. The Kier molecular flexibility index (Phi) is 5.82. The minimum absolute atomic E-state index is 0.312. The second-order valence-corrected chi connectivity index (χ2v) is 5.25. The van der Waals surface area contributed by atoms with Gasteiger partial charge in [-0.2, -0.15) is 0 Å². The van der Waals surface area contributed by atoms with Crippen molar-refractivity contribution in [3.63, 3.8) is 0 Å². The number of nitrogens with one attached hydrogen (secondary N) is 1. The molecule has 2 rings (SSSR count). The molecule has 0 bridgehead atoms. The molecule has 0 saturated carbocycles. The summed E-state index contributed by atoms with van der Waals surface area (Å²) in [5, 5.41) is 3.63. The third-order valence-electron chi connectivity index (χ3n) is 3.91. The summed E-state index contributed by atoms with van der Waals surface area (Å²) in [6, 6.07) is 17.4. The van der Waals surface area contributed by atoms with Crippen molar-refractivity contribution in [2.45, 2.75) is 39.3 Å². The van der Waals surface area contributed by atoms with Crippen LogP contribution in [0.1, 0.15) is 43.0 Å². The van der Waals surface area contributed by atoms with Gasteiger partial charge in [-0.15, -0.1) is 0 Å². The molecule has 0 aliphatic rings. The molecule has 21 heavy (non-hydrogen) atoms. The third kappa shape index (κ3) is 4.08. The van der Waals surface area contributed by atoms with Crippen molar-refractivity contribution in [3.8, 4) is 5.75 Å². The zero-order chi connectivity index (χ0) is 15.1. The Balaban J connectivity index is 2.05. The predicted molar refractivity (Wildman–Crippen MR) is 88.7 cm³/mol. The van der Waals surface area contributed by atoms with Gasteiger partial charge in [0.2, 0.25) is 0 Å². The van der Waals surface area contributed by atoms with Gasteiger partial charge in [-0.25, -0.2) is 0 Å². The fraction of sp³-hybridized carbons (Fsp3) is 0.368. The van der Waals surface area contributed by atoms with Crippen LogP contribution >= 0.6 is 0 Å². The molecule has 2 aromatic rings. The Hall–Kier alpha value is -1.80. The van der Waals surface area contributed by atoms with Crippen LogP contribution in [0, 0.1) is 0 Å². The van der Waals surface area contributed by atoms with E-state index in [0.29, 0.717) is 6.04 Å². The fourth-order valence-corrected chi connectivity index (χ4v) is 2.56. The highest BCUT2D eigenvalue weighted by molar-refractivity contribution is 5.36. The number of aryl methyl sites for hydroxylation is 1. The Labute approximate surface area is 128 Å². The van der Waals surface area contributed by atoms with Crippen LogP contribution in [0.2, 0.25) is 0 Å². The molecule has 2 aromatic carbocycles. The normalized spacial score (nSPS) is 12.1. The smallest absolute Gasteiger partial charge is 0.123 e. The maximum absolute atomic E-state index is 5.47. The lowest BCUT2D eigenvalue weighted by molar-refractivity contribution is 0.396. The van der Waals surface area contributed by atoms with Crippen molar-refractivity contribution in [2.24, 2.45) is 0 Å². The molecule has 0 radical (unpaired) electrons. The first kappa shape index (κ1) is 15.6. The SMILES string of the molecule is CCc1ccc(CNC(CC)c2ccccc2OC)cc1. The minimum atomic E-state index is 0.312.